The lowest BCUT2D eigenvalue weighted by atomic mass is 9.89. The van der Waals surface area contributed by atoms with Crippen molar-refractivity contribution in [3.05, 3.63) is 47.2 Å². The molecule has 4 rings (SSSR count). The third kappa shape index (κ3) is 3.61. The summed E-state index contributed by atoms with van der Waals surface area (Å²) in [5.41, 5.74) is 4.26. The minimum atomic E-state index is -0.451. The van der Waals surface area contributed by atoms with E-state index in [1.807, 2.05) is 30.3 Å². The lowest BCUT2D eigenvalue weighted by Gasteiger charge is -2.31. The molecule has 9 heteroatoms. The highest BCUT2D eigenvalue weighted by Gasteiger charge is 2.29. The van der Waals surface area contributed by atoms with E-state index in [1.165, 1.54) is 0 Å². The molecular weight excluding hydrogens is 380 g/mol. The van der Waals surface area contributed by atoms with Crippen LogP contribution < -0.4 is 0 Å². The van der Waals surface area contributed by atoms with Crippen LogP contribution in [0.5, 0.6) is 0 Å². The number of piperidine rings is 1. The Morgan fingerprint density at radius 2 is 1.96 bits per heavy atom. The number of aliphatic hydroxyl groups is 1. The first-order valence-electron chi connectivity index (χ1n) is 9.05. The van der Waals surface area contributed by atoms with Crippen LogP contribution in [-0.2, 0) is 4.79 Å². The molecule has 0 bridgehead atoms. The van der Waals surface area contributed by atoms with Gasteiger partial charge in [-0.3, -0.25) is 9.89 Å². The molecule has 0 aliphatic carbocycles. The van der Waals surface area contributed by atoms with Crippen molar-refractivity contribution in [3.63, 3.8) is 0 Å². The summed E-state index contributed by atoms with van der Waals surface area (Å²) in [6.45, 7) is 0.745. The molecule has 2 aromatic heterocycles. The van der Waals surface area contributed by atoms with E-state index in [1.54, 1.807) is 11.1 Å². The van der Waals surface area contributed by atoms with Gasteiger partial charge in [-0.2, -0.15) is 5.10 Å². The smallest absolute Gasteiger partial charge is 0.248 e. The topological polar surface area (TPSA) is 108 Å². The molecule has 0 atom stereocenters. The zero-order valence-electron chi connectivity index (χ0n) is 15.0. The number of aromatic amines is 1. The van der Waals surface area contributed by atoms with Gasteiger partial charge in [-0.25, -0.2) is 0 Å². The first kappa shape index (κ1) is 18.5. The fourth-order valence-corrected chi connectivity index (χ4v) is 3.74. The van der Waals surface area contributed by atoms with E-state index < -0.39 is 6.61 Å². The molecule has 3 heterocycles. The largest absolute Gasteiger partial charge is 0.387 e. The zero-order chi connectivity index (χ0) is 19.5. The molecule has 0 spiro atoms. The highest BCUT2D eigenvalue weighted by molar-refractivity contribution is 6.30. The Balaban J connectivity index is 1.70. The van der Waals surface area contributed by atoms with Crippen molar-refractivity contribution in [2.45, 2.75) is 18.8 Å². The SMILES string of the molecule is O=C(CO)N1CCC(c2[nH]nc(-c3ccc(Cl)cc3)c2-c2ccnnn2)CC1. The maximum absolute atomic E-state index is 11.7. The second kappa shape index (κ2) is 8.04. The van der Waals surface area contributed by atoms with Gasteiger partial charge in [0, 0.05) is 35.3 Å². The molecule has 0 unspecified atom stereocenters. The van der Waals surface area contributed by atoms with E-state index in [4.69, 9.17) is 16.7 Å². The number of benzene rings is 1. The van der Waals surface area contributed by atoms with Gasteiger partial charge in [0.1, 0.15) is 18.0 Å². The maximum atomic E-state index is 11.7. The molecule has 1 saturated heterocycles. The molecule has 0 saturated carbocycles. The predicted molar refractivity (Wildman–Crippen MR) is 103 cm³/mol. The second-order valence-electron chi connectivity index (χ2n) is 6.69. The Morgan fingerprint density at radius 1 is 1.21 bits per heavy atom. The van der Waals surface area contributed by atoms with Gasteiger partial charge in [-0.15, -0.1) is 10.2 Å². The molecular formula is C19H19ClN6O2. The van der Waals surface area contributed by atoms with E-state index in [9.17, 15) is 4.79 Å². The number of aromatic nitrogens is 5. The Kier molecular flexibility index (Phi) is 5.31. The lowest BCUT2D eigenvalue weighted by Crippen LogP contribution is -2.39. The summed E-state index contributed by atoms with van der Waals surface area (Å²) in [5, 5.41) is 29.2. The van der Waals surface area contributed by atoms with Crippen molar-refractivity contribution >= 4 is 17.5 Å². The zero-order valence-corrected chi connectivity index (χ0v) is 15.8. The van der Waals surface area contributed by atoms with Gasteiger partial charge >= 0.3 is 0 Å². The predicted octanol–water partition coefficient (Wildman–Crippen LogP) is 2.28. The third-order valence-electron chi connectivity index (χ3n) is 5.06. The molecule has 2 N–H and O–H groups in total. The number of hydrogen-bond donors (Lipinski definition) is 2. The van der Waals surface area contributed by atoms with Crippen molar-refractivity contribution in [1.29, 1.82) is 0 Å². The number of carbonyl (C=O) groups excluding carboxylic acids is 1. The van der Waals surface area contributed by atoms with Crippen LogP contribution in [0.25, 0.3) is 22.5 Å². The molecule has 8 nitrogen and oxygen atoms in total. The van der Waals surface area contributed by atoms with Crippen LogP contribution in [0.1, 0.15) is 24.5 Å². The van der Waals surface area contributed by atoms with Gasteiger partial charge in [0.05, 0.1) is 11.8 Å². The third-order valence-corrected chi connectivity index (χ3v) is 5.31. The van der Waals surface area contributed by atoms with Crippen LogP contribution in [0.3, 0.4) is 0 Å². The van der Waals surface area contributed by atoms with E-state index in [-0.39, 0.29) is 11.8 Å². The summed E-state index contributed by atoms with van der Waals surface area (Å²) in [6.07, 6.45) is 3.16. The van der Waals surface area contributed by atoms with Gasteiger partial charge in [0.25, 0.3) is 0 Å². The standard InChI is InChI=1S/C19H19ClN6O2/c20-14-3-1-12(2-4-14)18-17(15-5-8-21-25-22-15)19(24-23-18)13-6-9-26(10-7-13)16(28)11-27/h1-5,8,13,27H,6-7,9-11H2,(H,23,24). The second-order valence-corrected chi connectivity index (χ2v) is 7.12. The summed E-state index contributed by atoms with van der Waals surface area (Å²) < 4.78 is 0. The van der Waals surface area contributed by atoms with Gasteiger partial charge < -0.3 is 10.0 Å². The van der Waals surface area contributed by atoms with Gasteiger partial charge in [-0.1, -0.05) is 23.7 Å². The van der Waals surface area contributed by atoms with Crippen molar-refractivity contribution in [1.82, 2.24) is 30.5 Å². The fraction of sp³-hybridized carbons (Fsp3) is 0.316. The number of rotatable bonds is 4. The van der Waals surface area contributed by atoms with Crippen LogP contribution in [0, 0.1) is 0 Å². The van der Waals surface area contributed by atoms with Crippen molar-refractivity contribution < 1.29 is 9.90 Å². The number of halogens is 1. The average Bonchev–Trinajstić information content (AvgIpc) is 3.19. The number of carbonyl (C=O) groups is 1. The maximum Gasteiger partial charge on any atom is 0.248 e. The summed E-state index contributed by atoms with van der Waals surface area (Å²) >= 11 is 6.03. The number of amides is 1. The Labute approximate surface area is 166 Å². The Morgan fingerprint density at radius 3 is 2.61 bits per heavy atom. The first-order valence-corrected chi connectivity index (χ1v) is 9.42. The Bertz CT molecular complexity index is 952. The average molecular weight is 399 g/mol. The van der Waals surface area contributed by atoms with Gasteiger partial charge in [-0.05, 0) is 36.3 Å². The molecule has 3 aromatic rings. The van der Waals surface area contributed by atoms with E-state index in [2.05, 4.69) is 25.6 Å². The summed E-state index contributed by atoms with van der Waals surface area (Å²) in [6, 6.07) is 9.30. The summed E-state index contributed by atoms with van der Waals surface area (Å²) in [4.78, 5) is 13.4. The van der Waals surface area contributed by atoms with E-state index >= 15 is 0 Å². The van der Waals surface area contributed by atoms with Crippen LogP contribution in [0.2, 0.25) is 5.02 Å². The van der Waals surface area contributed by atoms with Crippen molar-refractivity contribution in [2.24, 2.45) is 0 Å². The first-order chi connectivity index (χ1) is 13.7. The summed E-state index contributed by atoms with van der Waals surface area (Å²) in [5.74, 6) is -0.0357. The van der Waals surface area contributed by atoms with Gasteiger partial charge in [0.15, 0.2) is 0 Å². The minimum Gasteiger partial charge on any atom is -0.387 e. The van der Waals surface area contributed by atoms with Crippen LogP contribution in [-0.4, -0.2) is 61.2 Å². The molecule has 0 radical (unpaired) electrons. The normalized spacial score (nSPS) is 15.0. The van der Waals surface area contributed by atoms with Gasteiger partial charge in [0.2, 0.25) is 5.91 Å². The molecule has 1 aliphatic heterocycles. The summed E-state index contributed by atoms with van der Waals surface area (Å²) in [7, 11) is 0. The number of H-pyrrole nitrogens is 1. The molecule has 1 aliphatic rings. The number of aliphatic hydroxyl groups excluding tert-OH is 1. The molecule has 1 aromatic carbocycles. The van der Waals surface area contributed by atoms with Crippen LogP contribution in [0.15, 0.2) is 36.5 Å². The number of hydrogen-bond acceptors (Lipinski definition) is 6. The molecule has 144 valence electrons. The number of nitrogens with one attached hydrogen (secondary N) is 1. The lowest BCUT2D eigenvalue weighted by molar-refractivity contribution is -0.135. The quantitative estimate of drug-likeness (QED) is 0.698. The van der Waals surface area contributed by atoms with Crippen LogP contribution >= 0.6 is 11.6 Å². The fourth-order valence-electron chi connectivity index (χ4n) is 3.62. The highest BCUT2D eigenvalue weighted by atomic mass is 35.5. The monoisotopic (exact) mass is 398 g/mol. The number of likely N-dealkylation sites (tertiary alicyclic amines) is 1. The minimum absolute atomic E-state index is 0.196. The molecule has 28 heavy (non-hydrogen) atoms. The molecule has 1 amide bonds. The molecule has 1 fully saturated rings. The number of nitrogens with zero attached hydrogens (tertiary/aromatic N) is 5. The van der Waals surface area contributed by atoms with E-state index in [0.29, 0.717) is 23.8 Å². The Hall–Kier alpha value is -2.84. The van der Waals surface area contributed by atoms with Crippen LogP contribution in [0.4, 0.5) is 0 Å². The highest BCUT2D eigenvalue weighted by Crippen LogP contribution is 2.39. The van der Waals surface area contributed by atoms with Crippen molar-refractivity contribution in [2.75, 3.05) is 19.7 Å². The van der Waals surface area contributed by atoms with Crippen molar-refractivity contribution in [3.8, 4) is 22.5 Å². The van der Waals surface area contributed by atoms with E-state index in [0.717, 1.165) is 35.4 Å².